The fourth-order valence-electron chi connectivity index (χ4n) is 4.58. The smallest absolute Gasteiger partial charge is 0.192 e. The average molecular weight is 341 g/mol. The Balaban J connectivity index is 1.75. The molecule has 0 N–H and O–H groups in total. The lowest BCUT2D eigenvalue weighted by molar-refractivity contribution is -0.121. The van der Waals surface area contributed by atoms with Crippen molar-refractivity contribution in [1.82, 2.24) is 0 Å². The Hall–Kier alpha value is -2.81. The number of ketones is 2. The van der Waals surface area contributed by atoms with Crippen molar-refractivity contribution in [3.05, 3.63) is 76.4 Å². The quantitative estimate of drug-likeness (QED) is 0.766. The van der Waals surface area contributed by atoms with Crippen LogP contribution in [-0.2, 0) is 4.79 Å². The van der Waals surface area contributed by atoms with Gasteiger partial charge in [0.2, 0.25) is 0 Å². The minimum Gasteiger partial charge on any atom is -0.299 e. The van der Waals surface area contributed by atoms with E-state index in [1.54, 1.807) is 0 Å². The van der Waals surface area contributed by atoms with Crippen LogP contribution in [0, 0.1) is 12.8 Å². The third-order valence-corrected chi connectivity index (χ3v) is 5.82. The van der Waals surface area contributed by atoms with Crippen molar-refractivity contribution in [3.63, 3.8) is 0 Å². The molecule has 2 aromatic carbocycles. The molecule has 1 saturated carbocycles. The van der Waals surface area contributed by atoms with E-state index < -0.39 is 0 Å². The summed E-state index contributed by atoms with van der Waals surface area (Å²) in [6.45, 7) is 2.05. The van der Waals surface area contributed by atoms with E-state index >= 15 is 0 Å². The van der Waals surface area contributed by atoms with Crippen LogP contribution >= 0.6 is 0 Å². The van der Waals surface area contributed by atoms with Crippen molar-refractivity contribution >= 4 is 23.0 Å². The van der Waals surface area contributed by atoms with Crippen LogP contribution in [0.3, 0.4) is 0 Å². The van der Waals surface area contributed by atoms with Crippen molar-refractivity contribution in [3.8, 4) is 0 Å². The molecule has 0 spiro atoms. The second kappa shape index (κ2) is 5.60. The molecule has 0 amide bonds. The minimum absolute atomic E-state index is 0.0300. The summed E-state index contributed by atoms with van der Waals surface area (Å²) < 4.78 is 0. The predicted octanol–water partition coefficient (Wildman–Crippen LogP) is 4.51. The Kier molecular flexibility index (Phi) is 3.33. The Morgan fingerprint density at radius 3 is 2.38 bits per heavy atom. The summed E-state index contributed by atoms with van der Waals surface area (Å²) in [5, 5.41) is 0. The van der Waals surface area contributed by atoms with E-state index in [0.717, 1.165) is 35.4 Å². The van der Waals surface area contributed by atoms with E-state index in [0.29, 0.717) is 17.6 Å². The maximum Gasteiger partial charge on any atom is 0.192 e. The highest BCUT2D eigenvalue weighted by Crippen LogP contribution is 2.49. The lowest BCUT2D eigenvalue weighted by atomic mass is 9.69. The summed E-state index contributed by atoms with van der Waals surface area (Å²) in [5.41, 5.74) is 6.28. The molecule has 0 unspecified atom stereocenters. The van der Waals surface area contributed by atoms with E-state index in [-0.39, 0.29) is 23.4 Å². The molecule has 0 aromatic heterocycles. The maximum atomic E-state index is 13.2. The van der Waals surface area contributed by atoms with Crippen LogP contribution < -0.4 is 0 Å². The number of hydrogen-bond donors (Lipinski definition) is 0. The molecule has 0 radical (unpaired) electrons. The van der Waals surface area contributed by atoms with Gasteiger partial charge in [0.15, 0.2) is 5.78 Å². The van der Waals surface area contributed by atoms with E-state index in [1.165, 1.54) is 5.56 Å². The lowest BCUT2D eigenvalue weighted by Crippen LogP contribution is -2.37. The highest BCUT2D eigenvalue weighted by Gasteiger charge is 2.46. The Bertz CT molecular complexity index is 1010. The van der Waals surface area contributed by atoms with Gasteiger partial charge in [0.1, 0.15) is 5.78 Å². The summed E-state index contributed by atoms with van der Waals surface area (Å²) in [7, 11) is 0. The second-order valence-corrected chi connectivity index (χ2v) is 7.43. The number of benzene rings is 2. The Labute approximate surface area is 152 Å². The first-order valence-electron chi connectivity index (χ1n) is 9.20. The van der Waals surface area contributed by atoms with Gasteiger partial charge >= 0.3 is 0 Å². The fourth-order valence-corrected chi connectivity index (χ4v) is 4.58. The van der Waals surface area contributed by atoms with E-state index in [4.69, 9.17) is 4.99 Å². The van der Waals surface area contributed by atoms with Crippen LogP contribution in [-0.4, -0.2) is 17.3 Å². The van der Waals surface area contributed by atoms with Gasteiger partial charge in [-0.3, -0.25) is 14.6 Å². The number of nitrogens with zero attached hydrogens (tertiary/aromatic N) is 1. The number of allylic oxidation sites excluding steroid dienone is 1. The first kappa shape index (κ1) is 15.4. The van der Waals surface area contributed by atoms with Crippen LogP contribution in [0.15, 0.2) is 59.1 Å². The molecule has 1 fully saturated rings. The number of Topliss-reactive ketones (excluding diaryl/α,β-unsaturated/α-hetero) is 2. The zero-order valence-corrected chi connectivity index (χ0v) is 14.7. The number of rotatable bonds is 1. The first-order valence-corrected chi connectivity index (χ1v) is 9.20. The van der Waals surface area contributed by atoms with Gasteiger partial charge in [0.25, 0.3) is 0 Å². The predicted molar refractivity (Wildman–Crippen MR) is 101 cm³/mol. The highest BCUT2D eigenvalue weighted by molar-refractivity contribution is 6.25. The molecule has 0 saturated heterocycles. The molecule has 2 aromatic rings. The Morgan fingerprint density at radius 2 is 1.62 bits per heavy atom. The molecule has 5 rings (SSSR count). The summed E-state index contributed by atoms with van der Waals surface area (Å²) in [5.74, 6) is -0.257. The third-order valence-electron chi connectivity index (χ3n) is 5.82. The van der Waals surface area contributed by atoms with Crippen molar-refractivity contribution in [2.24, 2.45) is 10.9 Å². The Morgan fingerprint density at radius 1 is 0.885 bits per heavy atom. The SMILES string of the molecule is Cc1ccc([C@@H]2C3=C(N=C4CCCC(=O)[C@H]42)c2ccccc2C3=O)cc1. The summed E-state index contributed by atoms with van der Waals surface area (Å²) >= 11 is 0. The third kappa shape index (κ3) is 2.10. The summed E-state index contributed by atoms with van der Waals surface area (Å²) in [4.78, 5) is 30.9. The molecule has 0 bridgehead atoms. The van der Waals surface area contributed by atoms with Crippen LogP contribution in [0.25, 0.3) is 5.70 Å². The van der Waals surface area contributed by atoms with Gasteiger partial charge in [-0.1, -0.05) is 54.1 Å². The van der Waals surface area contributed by atoms with Crippen LogP contribution in [0.1, 0.15) is 52.2 Å². The monoisotopic (exact) mass is 341 g/mol. The zero-order valence-electron chi connectivity index (χ0n) is 14.7. The van der Waals surface area contributed by atoms with Gasteiger partial charge in [0.05, 0.1) is 11.6 Å². The number of aryl methyl sites for hydroxylation is 1. The largest absolute Gasteiger partial charge is 0.299 e. The molecule has 1 heterocycles. The van der Waals surface area contributed by atoms with Crippen LogP contribution in [0.4, 0.5) is 0 Å². The van der Waals surface area contributed by atoms with Gasteiger partial charge in [-0.05, 0) is 25.3 Å². The first-order chi connectivity index (χ1) is 12.6. The number of hydrogen-bond acceptors (Lipinski definition) is 3. The molecule has 26 heavy (non-hydrogen) atoms. The topological polar surface area (TPSA) is 46.5 Å². The number of aliphatic imine (C=N–C) groups is 1. The van der Waals surface area contributed by atoms with Crippen molar-refractivity contribution in [2.75, 3.05) is 0 Å². The number of carbonyl (C=O) groups is 2. The molecule has 3 aliphatic rings. The maximum absolute atomic E-state index is 13.2. The molecule has 1 aliphatic heterocycles. The van der Waals surface area contributed by atoms with Gasteiger partial charge in [-0.25, -0.2) is 0 Å². The summed E-state index contributed by atoms with van der Waals surface area (Å²) in [6.07, 6.45) is 2.27. The average Bonchev–Trinajstić information content (AvgIpc) is 2.94. The van der Waals surface area contributed by atoms with Crippen molar-refractivity contribution < 1.29 is 9.59 Å². The number of carbonyl (C=O) groups excluding carboxylic acids is 2. The standard InChI is InChI=1S/C23H19NO2/c1-13-9-11-14(12-10-13)19-20-17(7-4-8-18(20)25)24-22-15-5-2-3-6-16(15)23(26)21(19)22/h2-3,5-6,9-12,19-20H,4,7-8H2,1H3/t19-,20-/m0/s1. The van der Waals surface area contributed by atoms with Crippen molar-refractivity contribution in [1.29, 1.82) is 0 Å². The van der Waals surface area contributed by atoms with Crippen LogP contribution in [0.5, 0.6) is 0 Å². The van der Waals surface area contributed by atoms with Gasteiger partial charge in [-0.2, -0.15) is 0 Å². The van der Waals surface area contributed by atoms with E-state index in [9.17, 15) is 9.59 Å². The van der Waals surface area contributed by atoms with Gasteiger partial charge < -0.3 is 0 Å². The molecule has 3 heteroatoms. The molecule has 128 valence electrons. The second-order valence-electron chi connectivity index (χ2n) is 7.43. The lowest BCUT2D eigenvalue weighted by Gasteiger charge is -2.34. The molecule has 2 aliphatic carbocycles. The molecule has 3 nitrogen and oxygen atoms in total. The molecular formula is C23H19NO2. The van der Waals surface area contributed by atoms with Crippen molar-refractivity contribution in [2.45, 2.75) is 32.1 Å². The number of fused-ring (bicyclic) bond motifs is 3. The minimum atomic E-state index is -0.288. The van der Waals surface area contributed by atoms with Gasteiger partial charge in [0, 0.05) is 34.8 Å². The van der Waals surface area contributed by atoms with E-state index in [1.807, 2.05) is 31.2 Å². The molecular weight excluding hydrogens is 322 g/mol. The zero-order chi connectivity index (χ0) is 17.8. The highest BCUT2D eigenvalue weighted by atomic mass is 16.1. The van der Waals surface area contributed by atoms with Crippen LogP contribution in [0.2, 0.25) is 0 Å². The fraction of sp³-hybridized carbons (Fsp3) is 0.261. The molecule has 2 atom stereocenters. The van der Waals surface area contributed by atoms with Gasteiger partial charge in [-0.15, -0.1) is 0 Å². The van der Waals surface area contributed by atoms with E-state index in [2.05, 4.69) is 24.3 Å². The normalized spacial score (nSPS) is 24.1. The summed E-state index contributed by atoms with van der Waals surface area (Å²) in [6, 6.07) is 15.9.